The van der Waals surface area contributed by atoms with Gasteiger partial charge in [-0.25, -0.2) is 17.2 Å². The van der Waals surface area contributed by atoms with Crippen molar-refractivity contribution < 1.29 is 44.7 Å². The van der Waals surface area contributed by atoms with Gasteiger partial charge in [-0.1, -0.05) is 0 Å². The lowest BCUT2D eigenvalue weighted by atomic mass is 9.92. The number of nitrogens with zero attached hydrogens (tertiary/aromatic N) is 3. The molecule has 2 amide bonds. The second kappa shape index (κ2) is 9.83. The smallest absolute Gasteiger partial charge is 0.378 e. The van der Waals surface area contributed by atoms with E-state index in [2.05, 4.69) is 5.32 Å². The van der Waals surface area contributed by atoms with Crippen molar-refractivity contribution in [1.82, 2.24) is 10.2 Å². The van der Waals surface area contributed by atoms with E-state index in [0.29, 0.717) is 39.1 Å². The van der Waals surface area contributed by atoms with Gasteiger partial charge in [0.2, 0.25) is 11.8 Å². The highest BCUT2D eigenvalue weighted by molar-refractivity contribution is 7.92. The number of sulfone groups is 1. The minimum Gasteiger partial charge on any atom is -0.378 e. The van der Waals surface area contributed by atoms with Crippen molar-refractivity contribution >= 4 is 27.3 Å². The van der Waals surface area contributed by atoms with E-state index in [0.717, 1.165) is 17.0 Å². The monoisotopic (exact) mass is 590 g/mol. The number of morpholine rings is 1. The summed E-state index contributed by atoms with van der Waals surface area (Å²) in [5, 5.41) is 10.3. The Bertz CT molecular complexity index is 1340. The molecule has 3 atom stereocenters. The van der Waals surface area contributed by atoms with Crippen molar-refractivity contribution in [1.29, 1.82) is 5.26 Å². The molecule has 4 fully saturated rings. The summed E-state index contributed by atoms with van der Waals surface area (Å²) in [5.41, 5.74) is -2.34. The number of alkyl halides is 5. The summed E-state index contributed by atoms with van der Waals surface area (Å²) in [6, 6.07) is 4.88. The topological polar surface area (TPSA) is 120 Å². The summed E-state index contributed by atoms with van der Waals surface area (Å²) in [6.45, 7) is -0.523. The van der Waals surface area contributed by atoms with Gasteiger partial charge in [0, 0.05) is 18.8 Å². The highest BCUT2D eigenvalue weighted by Crippen LogP contribution is 2.45. The van der Waals surface area contributed by atoms with Crippen LogP contribution >= 0.6 is 0 Å². The fourth-order valence-electron chi connectivity index (χ4n) is 5.61. The Balaban J connectivity index is 1.45. The van der Waals surface area contributed by atoms with Crippen LogP contribution in [0.5, 0.6) is 0 Å². The molecule has 1 N–H and O–H groups in total. The minimum absolute atomic E-state index is 0.177. The van der Waals surface area contributed by atoms with Crippen LogP contribution < -0.4 is 10.2 Å². The van der Waals surface area contributed by atoms with Crippen LogP contribution in [0, 0.1) is 23.2 Å². The number of amides is 2. The van der Waals surface area contributed by atoms with Gasteiger partial charge < -0.3 is 19.9 Å². The van der Waals surface area contributed by atoms with Gasteiger partial charge in [-0.05, 0) is 43.9 Å². The molecule has 0 radical (unpaired) electrons. The van der Waals surface area contributed by atoms with Crippen LogP contribution in [0.4, 0.5) is 27.6 Å². The number of hydrogen-bond donors (Lipinski definition) is 1. The fraction of sp³-hybridized carbons (Fsp3) is 0.640. The van der Waals surface area contributed by atoms with Crippen LogP contribution in [-0.4, -0.2) is 81.2 Å². The number of rotatable bonds is 6. The molecule has 2 saturated carbocycles. The van der Waals surface area contributed by atoms with Crippen LogP contribution in [-0.2, 0) is 30.3 Å². The molecule has 2 saturated heterocycles. The van der Waals surface area contributed by atoms with Gasteiger partial charge in [0.25, 0.3) is 5.92 Å². The van der Waals surface area contributed by atoms with Crippen molar-refractivity contribution in [3.63, 3.8) is 0 Å². The van der Waals surface area contributed by atoms with E-state index in [-0.39, 0.29) is 5.69 Å². The Morgan fingerprint density at radius 1 is 1.07 bits per heavy atom. The number of hydrogen-bond acceptors (Lipinski definition) is 7. The van der Waals surface area contributed by atoms with Gasteiger partial charge in [-0.3, -0.25) is 9.59 Å². The van der Waals surface area contributed by atoms with Crippen LogP contribution in [0.25, 0.3) is 0 Å². The summed E-state index contributed by atoms with van der Waals surface area (Å²) in [5.74, 6) is -7.41. The molecule has 40 heavy (non-hydrogen) atoms. The van der Waals surface area contributed by atoms with E-state index in [9.17, 15) is 45.2 Å². The van der Waals surface area contributed by atoms with Gasteiger partial charge in [-0.2, -0.15) is 18.4 Å². The molecule has 2 aliphatic heterocycles. The third-order valence-corrected chi connectivity index (χ3v) is 10.3. The molecule has 0 spiro atoms. The minimum atomic E-state index is -5.02. The van der Waals surface area contributed by atoms with Gasteiger partial charge in [0.05, 0.1) is 59.9 Å². The summed E-state index contributed by atoms with van der Waals surface area (Å²) >= 11 is 0. The van der Waals surface area contributed by atoms with Crippen LogP contribution in [0.15, 0.2) is 23.1 Å². The summed E-state index contributed by atoms with van der Waals surface area (Å²) in [6.07, 6.45) is -5.32. The highest BCUT2D eigenvalue weighted by Gasteiger charge is 2.55. The number of carbonyl (C=O) groups excluding carboxylic acids is 2. The van der Waals surface area contributed by atoms with E-state index in [1.165, 1.54) is 6.07 Å². The first-order chi connectivity index (χ1) is 18.7. The van der Waals surface area contributed by atoms with E-state index in [4.69, 9.17) is 4.74 Å². The maximum absolute atomic E-state index is 14.2. The third kappa shape index (κ3) is 5.35. The lowest BCUT2D eigenvalue weighted by molar-refractivity contribution is -0.171. The second-order valence-electron chi connectivity index (χ2n) is 10.9. The molecule has 1 aromatic carbocycles. The first-order valence-corrected chi connectivity index (χ1v) is 14.4. The Morgan fingerprint density at radius 2 is 1.70 bits per heavy atom. The molecule has 0 unspecified atom stereocenters. The molecule has 1 aromatic rings. The van der Waals surface area contributed by atoms with Crippen molar-refractivity contribution in [2.45, 2.75) is 53.5 Å². The molecule has 0 bridgehead atoms. The standard InChI is InChI=1S/C25H27F5N4O5S/c26-24(27)13-34(14-24)22(36)18-11-16(10-17(18)21(35)32-23(12-31)3-4-23)40(37,38)20-2-1-15(9-19(20)25(28,29)30)33-5-7-39-8-6-33/h1-2,9,16-18H,3-8,10-11,13-14H2,(H,32,35)/t16-,17-,18-/m1/s1. The average Bonchev–Trinajstić information content (AvgIpc) is 3.51. The maximum Gasteiger partial charge on any atom is 0.417 e. The zero-order valence-corrected chi connectivity index (χ0v) is 22.0. The molecule has 9 nitrogen and oxygen atoms in total. The van der Waals surface area contributed by atoms with Crippen LogP contribution in [0.1, 0.15) is 31.2 Å². The van der Waals surface area contributed by atoms with E-state index >= 15 is 0 Å². The van der Waals surface area contributed by atoms with E-state index in [1.807, 2.05) is 6.07 Å². The zero-order chi connectivity index (χ0) is 29.1. The molecular formula is C25H27F5N4O5S. The third-order valence-electron chi connectivity index (χ3n) is 8.05. The number of anilines is 1. The lowest BCUT2D eigenvalue weighted by Crippen LogP contribution is -2.60. The Hall–Kier alpha value is -2.99. The number of halogens is 5. The van der Waals surface area contributed by atoms with Crippen LogP contribution in [0.2, 0.25) is 0 Å². The summed E-state index contributed by atoms with van der Waals surface area (Å²) in [7, 11) is -4.73. The Kier molecular flexibility index (Phi) is 7.01. The normalized spacial score (nSPS) is 27.4. The van der Waals surface area contributed by atoms with E-state index in [1.54, 1.807) is 4.90 Å². The maximum atomic E-state index is 14.2. The molecule has 4 aliphatic rings. The summed E-state index contributed by atoms with van der Waals surface area (Å²) < 4.78 is 102. The predicted octanol–water partition coefficient (Wildman–Crippen LogP) is 2.36. The first-order valence-electron chi connectivity index (χ1n) is 12.8. The van der Waals surface area contributed by atoms with Crippen molar-refractivity contribution in [3.05, 3.63) is 23.8 Å². The molecular weight excluding hydrogens is 563 g/mol. The van der Waals surface area contributed by atoms with Crippen molar-refractivity contribution in [2.75, 3.05) is 44.3 Å². The zero-order valence-electron chi connectivity index (χ0n) is 21.2. The largest absolute Gasteiger partial charge is 0.417 e. The number of nitrogens with one attached hydrogen (secondary N) is 1. The van der Waals surface area contributed by atoms with Gasteiger partial charge in [0.15, 0.2) is 9.84 Å². The molecule has 5 rings (SSSR count). The predicted molar refractivity (Wildman–Crippen MR) is 129 cm³/mol. The lowest BCUT2D eigenvalue weighted by Gasteiger charge is -2.40. The number of likely N-dealkylation sites (tertiary alicyclic amines) is 1. The number of benzene rings is 1. The molecule has 2 aliphatic carbocycles. The Morgan fingerprint density at radius 3 is 2.25 bits per heavy atom. The number of nitriles is 1. The molecule has 0 aromatic heterocycles. The highest BCUT2D eigenvalue weighted by atomic mass is 32.2. The quantitative estimate of drug-likeness (QED) is 0.506. The molecule has 2 heterocycles. The SMILES string of the molecule is N#CC1(NC(=O)[C@@H]2C[C@@H](S(=O)(=O)c3ccc(N4CCOCC4)cc3C(F)(F)F)C[C@H]2C(=O)N2CC(F)(F)C2)CC1. The number of carbonyl (C=O) groups is 2. The van der Waals surface area contributed by atoms with Gasteiger partial charge >= 0.3 is 6.18 Å². The van der Waals surface area contributed by atoms with Crippen molar-refractivity contribution in [3.8, 4) is 6.07 Å². The van der Waals surface area contributed by atoms with Gasteiger partial charge in [-0.15, -0.1) is 0 Å². The first kappa shape index (κ1) is 28.5. The Labute approximate surface area is 227 Å². The summed E-state index contributed by atoms with van der Waals surface area (Å²) in [4.78, 5) is 27.7. The van der Waals surface area contributed by atoms with Crippen molar-refractivity contribution in [2.24, 2.45) is 11.8 Å². The molecule has 15 heteroatoms. The fourth-order valence-corrected chi connectivity index (χ4v) is 7.63. The number of ether oxygens (including phenoxy) is 1. The van der Waals surface area contributed by atoms with Gasteiger partial charge in [0.1, 0.15) is 5.54 Å². The van der Waals surface area contributed by atoms with Crippen LogP contribution in [0.3, 0.4) is 0 Å². The van der Waals surface area contributed by atoms with E-state index < -0.39 is 92.8 Å². The average molecular weight is 591 g/mol. The molecule has 218 valence electrons. The second-order valence-corrected chi connectivity index (χ2v) is 13.1.